The van der Waals surface area contributed by atoms with Crippen molar-refractivity contribution in [2.45, 2.75) is 5.60 Å². The van der Waals surface area contributed by atoms with Gasteiger partial charge in [-0.1, -0.05) is 30.3 Å². The van der Waals surface area contributed by atoms with E-state index >= 15 is 0 Å². The lowest BCUT2D eigenvalue weighted by atomic mass is 9.77. The molecule has 0 bridgehead atoms. The number of rotatable bonds is 2. The van der Waals surface area contributed by atoms with Crippen LogP contribution in [-0.2, 0) is 10.3 Å². The average Bonchev–Trinajstić information content (AvgIpc) is 3.12. The molecule has 166 valence electrons. The molecule has 0 saturated carbocycles. The van der Waals surface area contributed by atoms with Gasteiger partial charge >= 0.3 is 5.97 Å². The third-order valence-electron chi connectivity index (χ3n) is 6.44. The Hall–Kier alpha value is -4.71. The van der Waals surface area contributed by atoms with Gasteiger partial charge in [0.1, 0.15) is 23.0 Å². The number of ether oxygens (including phenoxy) is 1. The molecule has 6 rings (SSSR count). The summed E-state index contributed by atoms with van der Waals surface area (Å²) in [5, 5.41) is 44.6. The van der Waals surface area contributed by atoms with Gasteiger partial charge in [0.15, 0.2) is 5.60 Å². The lowest BCUT2D eigenvalue weighted by Gasteiger charge is -2.32. The van der Waals surface area contributed by atoms with Gasteiger partial charge in [-0.3, -0.25) is 0 Å². The normalized spacial score (nSPS) is 17.1. The molecule has 1 atom stereocenters. The van der Waals surface area contributed by atoms with E-state index in [2.05, 4.69) is 0 Å². The summed E-state index contributed by atoms with van der Waals surface area (Å²) >= 11 is 0. The summed E-state index contributed by atoms with van der Waals surface area (Å²) < 4.78 is 6.04. The van der Waals surface area contributed by atoms with Crippen molar-refractivity contribution >= 4 is 27.5 Å². The Kier molecular flexibility index (Phi) is 4.04. The number of hydrogen-bond donors (Lipinski definition) is 4. The van der Waals surface area contributed by atoms with Crippen molar-refractivity contribution in [3.63, 3.8) is 0 Å². The Morgan fingerprint density at radius 3 is 2.15 bits per heavy atom. The number of hydrogen-bond acceptors (Lipinski definition) is 6. The van der Waals surface area contributed by atoms with E-state index in [0.717, 1.165) is 0 Å². The van der Waals surface area contributed by atoms with Gasteiger partial charge in [0.05, 0.1) is 5.56 Å². The molecule has 0 radical (unpaired) electrons. The highest BCUT2D eigenvalue weighted by Gasteiger charge is 2.51. The smallest absolute Gasteiger partial charge is 0.340 e. The van der Waals surface area contributed by atoms with E-state index in [1.165, 1.54) is 30.3 Å². The SMILES string of the molecule is O=C1OC(c2cc3ccc(O)cc3cc2O)(c2ccc3cc(O)ccc3c2O)c2ccccc21. The molecule has 6 heteroatoms. The molecule has 0 aliphatic carbocycles. The number of esters is 1. The van der Waals surface area contributed by atoms with Gasteiger partial charge < -0.3 is 25.2 Å². The molecule has 6 nitrogen and oxygen atoms in total. The molecule has 0 saturated heterocycles. The van der Waals surface area contributed by atoms with E-state index in [-0.39, 0.29) is 34.1 Å². The van der Waals surface area contributed by atoms with E-state index in [1.807, 2.05) is 0 Å². The monoisotopic (exact) mass is 450 g/mol. The molecule has 4 N–H and O–H groups in total. The van der Waals surface area contributed by atoms with Gasteiger partial charge in [0.2, 0.25) is 0 Å². The van der Waals surface area contributed by atoms with E-state index in [9.17, 15) is 25.2 Å². The number of phenolic OH excluding ortho intramolecular Hbond substituents is 4. The molecular formula is C28H18O6. The maximum absolute atomic E-state index is 13.0. The van der Waals surface area contributed by atoms with Gasteiger partial charge in [-0.15, -0.1) is 0 Å². The van der Waals surface area contributed by atoms with Crippen LogP contribution in [0.2, 0.25) is 0 Å². The summed E-state index contributed by atoms with van der Waals surface area (Å²) in [6, 6.07) is 22.8. The lowest BCUT2D eigenvalue weighted by molar-refractivity contribution is 0.0240. The summed E-state index contributed by atoms with van der Waals surface area (Å²) in [6.45, 7) is 0. The third-order valence-corrected chi connectivity index (χ3v) is 6.44. The Labute approximate surface area is 193 Å². The number of aromatic hydroxyl groups is 4. The molecular weight excluding hydrogens is 432 g/mol. The highest BCUT2D eigenvalue weighted by atomic mass is 16.6. The van der Waals surface area contributed by atoms with Crippen molar-refractivity contribution in [3.8, 4) is 23.0 Å². The molecule has 5 aromatic carbocycles. The highest BCUT2D eigenvalue weighted by Crippen LogP contribution is 2.53. The molecule has 1 aliphatic rings. The lowest BCUT2D eigenvalue weighted by Crippen LogP contribution is -2.30. The predicted molar refractivity (Wildman–Crippen MR) is 126 cm³/mol. The van der Waals surface area contributed by atoms with Crippen molar-refractivity contribution in [1.29, 1.82) is 0 Å². The molecule has 1 heterocycles. The Morgan fingerprint density at radius 1 is 0.618 bits per heavy atom. The standard InChI is InChI=1S/C28H18O6/c29-18-7-5-15-13-24(25(31)14-17(15)12-18)28(22-4-2-1-3-21(22)27(33)34-28)23-10-6-16-11-19(30)8-9-20(16)26(23)32/h1-14,29-32H. The molecule has 5 aromatic rings. The number of phenols is 4. The fourth-order valence-corrected chi connectivity index (χ4v) is 4.90. The highest BCUT2D eigenvalue weighted by molar-refractivity contribution is 5.99. The fraction of sp³-hybridized carbons (Fsp3) is 0.0357. The van der Waals surface area contributed by atoms with E-state index in [0.29, 0.717) is 32.7 Å². The Balaban J connectivity index is 1.74. The fourth-order valence-electron chi connectivity index (χ4n) is 4.90. The van der Waals surface area contributed by atoms with Gasteiger partial charge in [-0.2, -0.15) is 0 Å². The second-order valence-corrected chi connectivity index (χ2v) is 8.38. The van der Waals surface area contributed by atoms with Gasteiger partial charge in [-0.05, 0) is 70.8 Å². The molecule has 34 heavy (non-hydrogen) atoms. The number of carbonyl (C=O) groups is 1. The van der Waals surface area contributed by atoms with Crippen LogP contribution in [0.25, 0.3) is 21.5 Å². The predicted octanol–water partition coefficient (Wildman–Crippen LogP) is 5.28. The Morgan fingerprint density at radius 2 is 1.32 bits per heavy atom. The van der Waals surface area contributed by atoms with Gasteiger partial charge in [0, 0.05) is 22.1 Å². The van der Waals surface area contributed by atoms with E-state index < -0.39 is 11.6 Å². The quantitative estimate of drug-likeness (QED) is 0.273. The van der Waals surface area contributed by atoms with Crippen molar-refractivity contribution in [1.82, 2.24) is 0 Å². The topological polar surface area (TPSA) is 107 Å². The maximum Gasteiger partial charge on any atom is 0.340 e. The minimum atomic E-state index is -1.63. The van der Waals surface area contributed by atoms with Crippen LogP contribution in [0, 0.1) is 0 Å². The zero-order chi connectivity index (χ0) is 23.6. The van der Waals surface area contributed by atoms with Crippen LogP contribution in [0.5, 0.6) is 23.0 Å². The number of cyclic esters (lactones) is 1. The maximum atomic E-state index is 13.0. The van der Waals surface area contributed by atoms with Crippen molar-refractivity contribution in [2.24, 2.45) is 0 Å². The van der Waals surface area contributed by atoms with Crippen LogP contribution in [0.15, 0.2) is 84.9 Å². The van der Waals surface area contributed by atoms with Crippen LogP contribution in [0.1, 0.15) is 27.0 Å². The number of fused-ring (bicyclic) bond motifs is 3. The molecule has 1 aliphatic heterocycles. The summed E-state index contributed by atoms with van der Waals surface area (Å²) in [5.41, 5.74) is -0.255. The van der Waals surface area contributed by atoms with Crippen LogP contribution in [0.3, 0.4) is 0 Å². The second-order valence-electron chi connectivity index (χ2n) is 8.38. The van der Waals surface area contributed by atoms with Crippen molar-refractivity contribution in [2.75, 3.05) is 0 Å². The largest absolute Gasteiger partial charge is 0.508 e. The molecule has 0 fully saturated rings. The molecule has 0 spiro atoms. The van der Waals surface area contributed by atoms with E-state index in [1.54, 1.807) is 54.6 Å². The first-order chi connectivity index (χ1) is 16.4. The zero-order valence-corrected chi connectivity index (χ0v) is 17.7. The number of carbonyl (C=O) groups excluding carboxylic acids is 1. The summed E-state index contributed by atoms with van der Waals surface area (Å²) in [7, 11) is 0. The van der Waals surface area contributed by atoms with Crippen LogP contribution in [0.4, 0.5) is 0 Å². The summed E-state index contributed by atoms with van der Waals surface area (Å²) in [4.78, 5) is 13.0. The van der Waals surface area contributed by atoms with E-state index in [4.69, 9.17) is 4.74 Å². The van der Waals surface area contributed by atoms with Crippen LogP contribution in [-0.4, -0.2) is 26.4 Å². The number of benzene rings is 5. The zero-order valence-electron chi connectivity index (χ0n) is 17.7. The average molecular weight is 450 g/mol. The van der Waals surface area contributed by atoms with Gasteiger partial charge in [0.25, 0.3) is 0 Å². The van der Waals surface area contributed by atoms with Crippen molar-refractivity contribution in [3.05, 3.63) is 107 Å². The first-order valence-electron chi connectivity index (χ1n) is 10.6. The molecule has 1 unspecified atom stereocenters. The van der Waals surface area contributed by atoms with Gasteiger partial charge in [-0.25, -0.2) is 4.79 Å². The third kappa shape index (κ3) is 2.65. The molecule has 0 amide bonds. The summed E-state index contributed by atoms with van der Waals surface area (Å²) in [6.07, 6.45) is 0. The minimum absolute atomic E-state index is 0.0578. The van der Waals surface area contributed by atoms with Crippen molar-refractivity contribution < 1.29 is 30.0 Å². The van der Waals surface area contributed by atoms with Crippen LogP contribution < -0.4 is 0 Å². The summed E-state index contributed by atoms with van der Waals surface area (Å²) in [5.74, 6) is -0.754. The first-order valence-corrected chi connectivity index (χ1v) is 10.6. The van der Waals surface area contributed by atoms with Crippen LogP contribution >= 0.6 is 0 Å². The minimum Gasteiger partial charge on any atom is -0.508 e. The Bertz CT molecular complexity index is 1640. The first kappa shape index (κ1) is 19.9. The second kappa shape index (κ2) is 6.89. The molecule has 0 aromatic heterocycles.